The number of nitrogens with zero attached hydrogens (tertiary/aromatic N) is 1. The summed E-state index contributed by atoms with van der Waals surface area (Å²) in [7, 11) is 1.86. The van der Waals surface area contributed by atoms with Crippen molar-refractivity contribution in [2.45, 2.75) is 32.1 Å². The summed E-state index contributed by atoms with van der Waals surface area (Å²) in [4.78, 5) is 14.1. The van der Waals surface area contributed by atoms with Crippen LogP contribution in [0, 0.1) is 17.8 Å². The highest BCUT2D eigenvalue weighted by atomic mass is 16.2. The lowest BCUT2D eigenvalue weighted by atomic mass is 9.86. The van der Waals surface area contributed by atoms with E-state index in [-0.39, 0.29) is 5.91 Å². The van der Waals surface area contributed by atoms with Crippen LogP contribution in [0.25, 0.3) is 0 Å². The highest BCUT2D eigenvalue weighted by molar-refractivity contribution is 5.93. The lowest BCUT2D eigenvalue weighted by Crippen LogP contribution is -2.29. The molecule has 3 rings (SSSR count). The van der Waals surface area contributed by atoms with Crippen molar-refractivity contribution in [3.05, 3.63) is 24.3 Å². The van der Waals surface area contributed by atoms with Crippen LogP contribution in [0.15, 0.2) is 24.3 Å². The Bertz CT molecular complexity index is 468. The van der Waals surface area contributed by atoms with E-state index in [2.05, 4.69) is 0 Å². The molecule has 2 saturated carbocycles. The van der Waals surface area contributed by atoms with Crippen LogP contribution in [0.4, 0.5) is 11.4 Å². The molecular weight excluding hydrogens is 236 g/mol. The van der Waals surface area contributed by atoms with Crippen LogP contribution in [-0.4, -0.2) is 13.0 Å². The topological polar surface area (TPSA) is 46.3 Å². The Hall–Kier alpha value is -1.51. The van der Waals surface area contributed by atoms with Gasteiger partial charge in [0, 0.05) is 24.8 Å². The van der Waals surface area contributed by atoms with Crippen molar-refractivity contribution < 1.29 is 4.79 Å². The fourth-order valence-electron chi connectivity index (χ4n) is 3.83. The van der Waals surface area contributed by atoms with Crippen molar-refractivity contribution in [1.82, 2.24) is 0 Å². The zero-order chi connectivity index (χ0) is 13.4. The number of carbonyl (C=O) groups is 1. The fourth-order valence-corrected chi connectivity index (χ4v) is 3.83. The Morgan fingerprint density at radius 2 is 2.00 bits per heavy atom. The third-order valence-electron chi connectivity index (χ3n) is 4.98. The van der Waals surface area contributed by atoms with E-state index in [0.29, 0.717) is 12.3 Å². The van der Waals surface area contributed by atoms with Crippen molar-refractivity contribution in [3.63, 3.8) is 0 Å². The van der Waals surface area contributed by atoms with E-state index in [0.717, 1.165) is 23.2 Å². The molecule has 0 saturated heterocycles. The zero-order valence-electron chi connectivity index (χ0n) is 11.5. The third-order valence-corrected chi connectivity index (χ3v) is 4.98. The minimum atomic E-state index is 0.238. The summed E-state index contributed by atoms with van der Waals surface area (Å²) < 4.78 is 0. The molecule has 0 aliphatic heterocycles. The van der Waals surface area contributed by atoms with Gasteiger partial charge in [-0.1, -0.05) is 6.42 Å². The van der Waals surface area contributed by atoms with Gasteiger partial charge in [0.05, 0.1) is 0 Å². The molecule has 1 aromatic carbocycles. The Morgan fingerprint density at radius 1 is 1.26 bits per heavy atom. The van der Waals surface area contributed by atoms with Gasteiger partial charge in [-0.05, 0) is 61.3 Å². The third kappa shape index (κ3) is 2.46. The summed E-state index contributed by atoms with van der Waals surface area (Å²) in [6.45, 7) is 0. The lowest BCUT2D eigenvalue weighted by Gasteiger charge is -2.24. The van der Waals surface area contributed by atoms with E-state index in [9.17, 15) is 4.79 Å². The molecule has 0 radical (unpaired) electrons. The van der Waals surface area contributed by atoms with Crippen molar-refractivity contribution in [2.24, 2.45) is 17.8 Å². The summed E-state index contributed by atoms with van der Waals surface area (Å²) in [5, 5.41) is 0. The number of hydrogen-bond acceptors (Lipinski definition) is 2. The number of rotatable bonds is 3. The van der Waals surface area contributed by atoms with Crippen molar-refractivity contribution >= 4 is 17.3 Å². The van der Waals surface area contributed by atoms with Gasteiger partial charge in [-0.25, -0.2) is 0 Å². The molecular formula is C16H22N2O. The van der Waals surface area contributed by atoms with Crippen LogP contribution in [0.1, 0.15) is 32.1 Å². The smallest absolute Gasteiger partial charge is 0.227 e. The summed E-state index contributed by atoms with van der Waals surface area (Å²) >= 11 is 0. The molecule has 1 aromatic rings. The summed E-state index contributed by atoms with van der Waals surface area (Å²) in [5.74, 6) is 2.59. The number of fused-ring (bicyclic) bond motifs is 2. The molecule has 19 heavy (non-hydrogen) atoms. The number of nitrogen functional groups attached to an aromatic ring is 1. The standard InChI is InChI=1S/C16H22N2O/c1-18(15-6-4-14(17)5-7-15)16(19)10-13-9-11-2-3-12(13)8-11/h4-7,11-13H,2-3,8-10,17H2,1H3. The lowest BCUT2D eigenvalue weighted by molar-refractivity contribution is -0.119. The molecule has 102 valence electrons. The first-order valence-electron chi connectivity index (χ1n) is 7.25. The molecule has 3 unspecified atom stereocenters. The highest BCUT2D eigenvalue weighted by Crippen LogP contribution is 2.49. The van der Waals surface area contributed by atoms with E-state index in [1.807, 2.05) is 31.3 Å². The van der Waals surface area contributed by atoms with Crippen LogP contribution in [0.3, 0.4) is 0 Å². The Morgan fingerprint density at radius 3 is 2.58 bits per heavy atom. The van der Waals surface area contributed by atoms with Crippen LogP contribution in [0.2, 0.25) is 0 Å². The number of amides is 1. The van der Waals surface area contributed by atoms with Gasteiger partial charge >= 0.3 is 0 Å². The van der Waals surface area contributed by atoms with Crippen LogP contribution in [-0.2, 0) is 4.79 Å². The molecule has 2 N–H and O–H groups in total. The van der Waals surface area contributed by atoms with Crippen molar-refractivity contribution in [2.75, 3.05) is 17.7 Å². The minimum absolute atomic E-state index is 0.238. The van der Waals surface area contributed by atoms with E-state index in [1.54, 1.807) is 4.90 Å². The van der Waals surface area contributed by atoms with Crippen molar-refractivity contribution in [3.8, 4) is 0 Å². The molecule has 0 aromatic heterocycles. The fraction of sp³-hybridized carbons (Fsp3) is 0.562. The Balaban J connectivity index is 1.62. The van der Waals surface area contributed by atoms with Crippen LogP contribution in [0.5, 0.6) is 0 Å². The predicted octanol–water partition coefficient (Wildman–Crippen LogP) is 3.06. The number of benzene rings is 1. The van der Waals surface area contributed by atoms with Gasteiger partial charge in [-0.3, -0.25) is 4.79 Å². The average Bonchev–Trinajstić information content (AvgIpc) is 3.01. The van der Waals surface area contributed by atoms with Crippen LogP contribution >= 0.6 is 0 Å². The van der Waals surface area contributed by atoms with E-state index >= 15 is 0 Å². The summed E-state index contributed by atoms with van der Waals surface area (Å²) in [5.41, 5.74) is 7.34. The first-order valence-corrected chi connectivity index (χ1v) is 7.25. The quantitative estimate of drug-likeness (QED) is 0.847. The van der Waals surface area contributed by atoms with Crippen LogP contribution < -0.4 is 10.6 Å². The SMILES string of the molecule is CN(C(=O)CC1CC2CCC1C2)c1ccc(N)cc1. The Kier molecular flexibility index (Phi) is 3.21. The second-order valence-corrected chi connectivity index (χ2v) is 6.18. The molecule has 1 amide bonds. The van der Waals surface area contributed by atoms with Crippen molar-refractivity contribution in [1.29, 1.82) is 0 Å². The van der Waals surface area contributed by atoms with E-state index < -0.39 is 0 Å². The first kappa shape index (κ1) is 12.5. The molecule has 2 aliphatic rings. The number of anilines is 2. The first-order chi connectivity index (χ1) is 9.13. The van der Waals surface area contributed by atoms with Gasteiger partial charge in [0.1, 0.15) is 0 Å². The molecule has 2 fully saturated rings. The zero-order valence-corrected chi connectivity index (χ0v) is 11.5. The average molecular weight is 258 g/mol. The maximum atomic E-state index is 12.4. The second kappa shape index (κ2) is 4.87. The monoisotopic (exact) mass is 258 g/mol. The highest BCUT2D eigenvalue weighted by Gasteiger charge is 2.40. The molecule has 3 atom stereocenters. The van der Waals surface area contributed by atoms with Gasteiger partial charge in [-0.2, -0.15) is 0 Å². The second-order valence-electron chi connectivity index (χ2n) is 6.18. The minimum Gasteiger partial charge on any atom is -0.399 e. The normalized spacial score (nSPS) is 28.6. The summed E-state index contributed by atoms with van der Waals surface area (Å²) in [6.07, 6.45) is 6.08. The number of hydrogen-bond donors (Lipinski definition) is 1. The Labute approximate surface area is 114 Å². The molecule has 2 bridgehead atoms. The largest absolute Gasteiger partial charge is 0.399 e. The van der Waals surface area contributed by atoms with E-state index in [1.165, 1.54) is 25.7 Å². The molecule has 3 heteroatoms. The van der Waals surface area contributed by atoms with Gasteiger partial charge in [0.15, 0.2) is 0 Å². The number of carbonyl (C=O) groups excluding carboxylic acids is 1. The maximum absolute atomic E-state index is 12.4. The van der Waals surface area contributed by atoms with E-state index in [4.69, 9.17) is 5.73 Å². The maximum Gasteiger partial charge on any atom is 0.227 e. The summed E-state index contributed by atoms with van der Waals surface area (Å²) in [6, 6.07) is 7.51. The molecule has 0 spiro atoms. The predicted molar refractivity (Wildman–Crippen MR) is 77.8 cm³/mol. The van der Waals surface area contributed by atoms with Gasteiger partial charge in [0.2, 0.25) is 5.91 Å². The molecule has 3 nitrogen and oxygen atoms in total. The van der Waals surface area contributed by atoms with Gasteiger partial charge < -0.3 is 10.6 Å². The molecule has 2 aliphatic carbocycles. The van der Waals surface area contributed by atoms with Gasteiger partial charge in [-0.15, -0.1) is 0 Å². The van der Waals surface area contributed by atoms with Gasteiger partial charge in [0.25, 0.3) is 0 Å². The number of nitrogens with two attached hydrogens (primary N) is 1. The molecule has 0 heterocycles.